The molecule has 1 N–H and O–H groups in total. The molecule has 0 aliphatic carbocycles. The Labute approximate surface area is 100 Å². The van der Waals surface area contributed by atoms with E-state index in [4.69, 9.17) is 5.41 Å². The van der Waals surface area contributed by atoms with Gasteiger partial charge in [0.05, 0.1) is 0 Å². The van der Waals surface area contributed by atoms with Gasteiger partial charge in [-0.25, -0.2) is 0 Å². The number of piperidine rings is 1. The molecule has 0 radical (unpaired) electrons. The molecule has 0 aromatic heterocycles. The van der Waals surface area contributed by atoms with Crippen molar-refractivity contribution in [1.82, 2.24) is 9.80 Å². The van der Waals surface area contributed by atoms with Gasteiger partial charge in [0.25, 0.3) is 0 Å². The molecule has 1 fully saturated rings. The molecule has 0 spiro atoms. The van der Waals surface area contributed by atoms with Crippen LogP contribution in [-0.4, -0.2) is 49.4 Å². The Bertz CT molecular complexity index is 234. The maximum Gasteiger partial charge on any atom is 0.101 e. The van der Waals surface area contributed by atoms with Crippen LogP contribution >= 0.6 is 0 Å². The molecule has 0 aromatic carbocycles. The molecule has 0 bridgehead atoms. The molecule has 0 saturated carbocycles. The van der Waals surface area contributed by atoms with Crippen molar-refractivity contribution in [2.24, 2.45) is 11.3 Å². The summed E-state index contributed by atoms with van der Waals surface area (Å²) in [4.78, 5) is 4.53. The summed E-state index contributed by atoms with van der Waals surface area (Å²) in [5.74, 6) is 1.52. The van der Waals surface area contributed by atoms with E-state index in [1.165, 1.54) is 25.9 Å². The molecule has 1 heterocycles. The van der Waals surface area contributed by atoms with Gasteiger partial charge >= 0.3 is 0 Å². The first kappa shape index (κ1) is 13.5. The first-order valence-electron chi connectivity index (χ1n) is 6.29. The van der Waals surface area contributed by atoms with Crippen LogP contribution in [0.25, 0.3) is 0 Å². The summed E-state index contributed by atoms with van der Waals surface area (Å²) >= 11 is 0. The van der Waals surface area contributed by atoms with Gasteiger partial charge in [-0.2, -0.15) is 0 Å². The van der Waals surface area contributed by atoms with Crippen molar-refractivity contribution in [3.8, 4) is 0 Å². The van der Waals surface area contributed by atoms with Crippen molar-refractivity contribution in [3.63, 3.8) is 0 Å². The van der Waals surface area contributed by atoms with Gasteiger partial charge in [-0.3, -0.25) is 5.41 Å². The average Bonchev–Trinajstić information content (AvgIpc) is 2.19. The molecule has 94 valence electrons. The van der Waals surface area contributed by atoms with Crippen molar-refractivity contribution in [1.29, 1.82) is 5.41 Å². The van der Waals surface area contributed by atoms with Crippen molar-refractivity contribution in [2.45, 2.75) is 33.6 Å². The van der Waals surface area contributed by atoms with E-state index < -0.39 is 0 Å². The van der Waals surface area contributed by atoms with Crippen LogP contribution in [0, 0.1) is 16.7 Å². The third kappa shape index (κ3) is 3.78. The molecular weight excluding hydrogens is 198 g/mol. The van der Waals surface area contributed by atoms with E-state index in [2.05, 4.69) is 44.7 Å². The summed E-state index contributed by atoms with van der Waals surface area (Å²) in [7, 11) is 4.25. The monoisotopic (exact) mass is 225 g/mol. The van der Waals surface area contributed by atoms with E-state index >= 15 is 0 Å². The molecule has 0 unspecified atom stereocenters. The fraction of sp³-hybridized carbons (Fsp3) is 0.923. The Morgan fingerprint density at radius 3 is 2.25 bits per heavy atom. The van der Waals surface area contributed by atoms with Crippen LogP contribution in [0.2, 0.25) is 0 Å². The average molecular weight is 225 g/mol. The molecule has 1 aliphatic rings. The molecule has 16 heavy (non-hydrogen) atoms. The maximum absolute atomic E-state index is 8.12. The summed E-state index contributed by atoms with van der Waals surface area (Å²) in [6, 6.07) is 0. The van der Waals surface area contributed by atoms with Gasteiger partial charge in [0, 0.05) is 19.0 Å². The molecule has 1 aliphatic heterocycles. The van der Waals surface area contributed by atoms with Crippen LogP contribution in [0.5, 0.6) is 0 Å². The Morgan fingerprint density at radius 2 is 1.81 bits per heavy atom. The molecule has 3 heteroatoms. The minimum atomic E-state index is -0.0276. The van der Waals surface area contributed by atoms with Gasteiger partial charge in [-0.05, 0) is 38.9 Å². The van der Waals surface area contributed by atoms with Gasteiger partial charge in [0.15, 0.2) is 0 Å². The molecule has 3 nitrogen and oxygen atoms in total. The van der Waals surface area contributed by atoms with E-state index in [1.807, 2.05) is 0 Å². The molecule has 1 rings (SSSR count). The fourth-order valence-electron chi connectivity index (χ4n) is 2.30. The minimum Gasteiger partial charge on any atom is -0.363 e. The zero-order valence-corrected chi connectivity index (χ0v) is 11.5. The number of likely N-dealkylation sites (tertiary alicyclic amines) is 1. The number of hydrogen-bond acceptors (Lipinski definition) is 2. The first-order chi connectivity index (χ1) is 7.30. The summed E-state index contributed by atoms with van der Waals surface area (Å²) in [6.07, 6.45) is 2.55. The summed E-state index contributed by atoms with van der Waals surface area (Å²) in [5, 5.41) is 8.12. The second-order valence-corrected chi connectivity index (χ2v) is 6.23. The fourth-order valence-corrected chi connectivity index (χ4v) is 2.30. The molecule has 1 saturated heterocycles. The predicted octanol–water partition coefficient (Wildman–Crippen LogP) is 2.28. The standard InChI is InChI=1S/C13H27N3/c1-13(2,3)12(14)16(5)10-11-6-8-15(4)9-7-11/h11,14H,6-10H2,1-5H3. The van der Waals surface area contributed by atoms with Gasteiger partial charge in [0.1, 0.15) is 5.84 Å². The minimum absolute atomic E-state index is 0.0276. The van der Waals surface area contributed by atoms with Crippen LogP contribution < -0.4 is 0 Å². The largest absolute Gasteiger partial charge is 0.363 e. The topological polar surface area (TPSA) is 30.3 Å². The lowest BCUT2D eigenvalue weighted by Gasteiger charge is -2.35. The lowest BCUT2D eigenvalue weighted by Crippen LogP contribution is -2.41. The molecule has 0 atom stereocenters. The Hall–Kier alpha value is -0.570. The van der Waals surface area contributed by atoms with E-state index in [1.54, 1.807) is 0 Å². The highest BCUT2D eigenvalue weighted by Gasteiger charge is 2.24. The van der Waals surface area contributed by atoms with Crippen molar-refractivity contribution >= 4 is 5.84 Å². The number of nitrogens with one attached hydrogen (secondary N) is 1. The highest BCUT2D eigenvalue weighted by atomic mass is 15.2. The van der Waals surface area contributed by atoms with Crippen LogP contribution in [0.3, 0.4) is 0 Å². The van der Waals surface area contributed by atoms with Crippen molar-refractivity contribution in [3.05, 3.63) is 0 Å². The zero-order chi connectivity index (χ0) is 12.3. The third-order valence-corrected chi connectivity index (χ3v) is 3.46. The Kier molecular flexibility index (Phi) is 4.36. The zero-order valence-electron chi connectivity index (χ0n) is 11.5. The maximum atomic E-state index is 8.12. The Balaban J connectivity index is 2.40. The summed E-state index contributed by atoms with van der Waals surface area (Å²) < 4.78 is 0. The second kappa shape index (κ2) is 5.17. The van der Waals surface area contributed by atoms with Crippen molar-refractivity contribution < 1.29 is 0 Å². The van der Waals surface area contributed by atoms with Gasteiger partial charge in [-0.15, -0.1) is 0 Å². The van der Waals surface area contributed by atoms with Gasteiger partial charge < -0.3 is 9.80 Å². The second-order valence-electron chi connectivity index (χ2n) is 6.23. The normalized spacial score (nSPS) is 19.8. The Morgan fingerprint density at radius 1 is 1.31 bits per heavy atom. The first-order valence-corrected chi connectivity index (χ1v) is 6.29. The number of rotatable bonds is 2. The van der Waals surface area contributed by atoms with Gasteiger partial charge in [0.2, 0.25) is 0 Å². The lowest BCUT2D eigenvalue weighted by molar-refractivity contribution is 0.197. The number of nitrogens with zero attached hydrogens (tertiary/aromatic N) is 2. The van der Waals surface area contributed by atoms with Crippen LogP contribution in [-0.2, 0) is 0 Å². The number of amidine groups is 1. The van der Waals surface area contributed by atoms with E-state index in [-0.39, 0.29) is 5.41 Å². The summed E-state index contributed by atoms with van der Waals surface area (Å²) in [6.45, 7) is 9.80. The van der Waals surface area contributed by atoms with Gasteiger partial charge in [-0.1, -0.05) is 20.8 Å². The highest BCUT2D eigenvalue weighted by molar-refractivity contribution is 5.84. The highest BCUT2D eigenvalue weighted by Crippen LogP contribution is 2.21. The SMILES string of the molecule is CN1CCC(CN(C)C(=N)C(C)(C)C)CC1. The van der Waals surface area contributed by atoms with Crippen LogP contribution in [0.4, 0.5) is 0 Å². The molecule has 0 amide bonds. The van der Waals surface area contributed by atoms with E-state index in [0.717, 1.165) is 18.3 Å². The van der Waals surface area contributed by atoms with Crippen LogP contribution in [0.1, 0.15) is 33.6 Å². The molecule has 0 aromatic rings. The van der Waals surface area contributed by atoms with E-state index in [9.17, 15) is 0 Å². The predicted molar refractivity (Wildman–Crippen MR) is 70.0 cm³/mol. The number of hydrogen-bond donors (Lipinski definition) is 1. The van der Waals surface area contributed by atoms with Crippen molar-refractivity contribution in [2.75, 3.05) is 33.7 Å². The lowest BCUT2D eigenvalue weighted by atomic mass is 9.92. The van der Waals surface area contributed by atoms with E-state index in [0.29, 0.717) is 0 Å². The third-order valence-electron chi connectivity index (χ3n) is 3.46. The quantitative estimate of drug-likeness (QED) is 0.577. The van der Waals surface area contributed by atoms with Crippen LogP contribution in [0.15, 0.2) is 0 Å². The molecular formula is C13H27N3. The summed E-state index contributed by atoms with van der Waals surface area (Å²) in [5.41, 5.74) is -0.0276. The smallest absolute Gasteiger partial charge is 0.101 e.